The first-order chi connectivity index (χ1) is 16.7. The maximum absolute atomic E-state index is 6.54. The molecular formula is C33H45Cl. The van der Waals surface area contributed by atoms with Gasteiger partial charge in [-0.2, -0.15) is 0 Å². The normalized spacial score (nSPS) is 17.9. The first-order valence-electron chi connectivity index (χ1n) is 14.1. The van der Waals surface area contributed by atoms with Crippen LogP contribution in [-0.4, -0.2) is 0 Å². The summed E-state index contributed by atoms with van der Waals surface area (Å²) in [7, 11) is 0. The zero-order chi connectivity index (χ0) is 24.0. The summed E-state index contributed by atoms with van der Waals surface area (Å²) in [6.07, 6.45) is 19.1. The van der Waals surface area contributed by atoms with Crippen molar-refractivity contribution in [3.8, 4) is 11.8 Å². The van der Waals surface area contributed by atoms with Crippen LogP contribution < -0.4 is 0 Å². The summed E-state index contributed by atoms with van der Waals surface area (Å²) in [6.45, 7) is 4.53. The Balaban J connectivity index is 1.43. The molecule has 1 saturated carbocycles. The van der Waals surface area contributed by atoms with Gasteiger partial charge in [0.1, 0.15) is 0 Å². The summed E-state index contributed by atoms with van der Waals surface area (Å²) in [5, 5.41) is 0.886. The maximum atomic E-state index is 6.54. The average Bonchev–Trinajstić information content (AvgIpc) is 2.87. The molecule has 0 spiro atoms. The molecule has 1 fully saturated rings. The molecule has 0 unspecified atom stereocenters. The van der Waals surface area contributed by atoms with E-state index in [9.17, 15) is 0 Å². The van der Waals surface area contributed by atoms with Crippen molar-refractivity contribution in [2.24, 2.45) is 5.92 Å². The van der Waals surface area contributed by atoms with E-state index in [-0.39, 0.29) is 0 Å². The van der Waals surface area contributed by atoms with Crippen molar-refractivity contribution in [1.29, 1.82) is 0 Å². The van der Waals surface area contributed by atoms with Crippen LogP contribution in [0.4, 0.5) is 0 Å². The second-order valence-corrected chi connectivity index (χ2v) is 10.7. The summed E-state index contributed by atoms with van der Waals surface area (Å²) < 4.78 is 0. The Morgan fingerprint density at radius 1 is 0.735 bits per heavy atom. The molecule has 34 heavy (non-hydrogen) atoms. The van der Waals surface area contributed by atoms with Crippen LogP contribution in [0.5, 0.6) is 0 Å². The van der Waals surface area contributed by atoms with Crippen LogP contribution in [0.25, 0.3) is 0 Å². The van der Waals surface area contributed by atoms with Gasteiger partial charge in [-0.25, -0.2) is 0 Å². The highest BCUT2D eigenvalue weighted by molar-refractivity contribution is 6.31. The van der Waals surface area contributed by atoms with Crippen molar-refractivity contribution < 1.29 is 0 Å². The third kappa shape index (κ3) is 9.15. The van der Waals surface area contributed by atoms with Crippen molar-refractivity contribution in [1.82, 2.24) is 0 Å². The quantitative estimate of drug-likeness (QED) is 0.211. The van der Waals surface area contributed by atoms with Gasteiger partial charge in [0.05, 0.1) is 0 Å². The fourth-order valence-electron chi connectivity index (χ4n) is 5.22. The Bertz CT molecular complexity index is 890. The molecule has 0 aromatic heterocycles. The van der Waals surface area contributed by atoms with Crippen LogP contribution in [-0.2, 0) is 12.8 Å². The molecule has 0 saturated heterocycles. The number of hydrogen-bond donors (Lipinski definition) is 0. The first kappa shape index (κ1) is 26.9. The third-order valence-corrected chi connectivity index (χ3v) is 7.87. The zero-order valence-corrected chi connectivity index (χ0v) is 22.4. The lowest BCUT2D eigenvalue weighted by molar-refractivity contribution is 0.384. The molecule has 0 nitrogen and oxygen atoms in total. The van der Waals surface area contributed by atoms with Gasteiger partial charge in [0.15, 0.2) is 0 Å². The van der Waals surface area contributed by atoms with Crippen molar-refractivity contribution in [3.05, 3.63) is 69.7 Å². The maximum Gasteiger partial charge on any atom is 0.0450 e. The summed E-state index contributed by atoms with van der Waals surface area (Å²) in [4.78, 5) is 0. The second-order valence-electron chi connectivity index (χ2n) is 10.3. The summed E-state index contributed by atoms with van der Waals surface area (Å²) >= 11 is 6.54. The molecule has 0 bridgehead atoms. The molecule has 2 aromatic rings. The van der Waals surface area contributed by atoms with Crippen molar-refractivity contribution in [3.63, 3.8) is 0 Å². The van der Waals surface area contributed by atoms with E-state index in [1.54, 1.807) is 0 Å². The highest BCUT2D eigenvalue weighted by atomic mass is 35.5. The predicted octanol–water partition coefficient (Wildman–Crippen LogP) is 10.3. The van der Waals surface area contributed by atoms with Crippen LogP contribution in [0, 0.1) is 17.8 Å². The summed E-state index contributed by atoms with van der Waals surface area (Å²) in [6, 6.07) is 15.9. The fraction of sp³-hybridized carbons (Fsp3) is 0.576. The Hall–Kier alpha value is -1.71. The second kappa shape index (κ2) is 15.3. The lowest BCUT2D eigenvalue weighted by atomic mass is 9.78. The number of aryl methyl sites for hydroxylation is 2. The lowest BCUT2D eigenvalue weighted by Gasteiger charge is -2.26. The molecule has 0 aliphatic heterocycles. The van der Waals surface area contributed by atoms with Gasteiger partial charge in [-0.15, -0.1) is 0 Å². The largest absolute Gasteiger partial charge is 0.0945 e. The van der Waals surface area contributed by atoms with Crippen molar-refractivity contribution in [2.75, 3.05) is 0 Å². The molecule has 1 aliphatic rings. The molecule has 3 rings (SSSR count). The molecule has 2 aromatic carbocycles. The van der Waals surface area contributed by atoms with E-state index < -0.39 is 0 Å². The molecule has 1 heteroatoms. The van der Waals surface area contributed by atoms with Gasteiger partial charge < -0.3 is 0 Å². The van der Waals surface area contributed by atoms with E-state index in [4.69, 9.17) is 11.6 Å². The van der Waals surface area contributed by atoms with Crippen LogP contribution in [0.2, 0.25) is 5.02 Å². The van der Waals surface area contributed by atoms with E-state index in [0.717, 1.165) is 17.0 Å². The topological polar surface area (TPSA) is 0 Å². The number of halogens is 1. The highest BCUT2D eigenvalue weighted by Gasteiger charge is 2.21. The molecule has 0 N–H and O–H groups in total. The first-order valence-corrected chi connectivity index (χ1v) is 14.5. The smallest absolute Gasteiger partial charge is 0.0450 e. The van der Waals surface area contributed by atoms with Gasteiger partial charge in [0.25, 0.3) is 0 Å². The van der Waals surface area contributed by atoms with E-state index in [1.807, 2.05) is 0 Å². The number of benzene rings is 2. The molecule has 1 aliphatic carbocycles. The Kier molecular flexibility index (Phi) is 12.1. The van der Waals surface area contributed by atoms with E-state index in [1.165, 1.54) is 107 Å². The Morgan fingerprint density at radius 3 is 2.06 bits per heavy atom. The van der Waals surface area contributed by atoms with Gasteiger partial charge in [0.2, 0.25) is 0 Å². The van der Waals surface area contributed by atoms with Crippen molar-refractivity contribution in [2.45, 2.75) is 116 Å². The molecule has 0 amide bonds. The van der Waals surface area contributed by atoms with Gasteiger partial charge in [0, 0.05) is 16.5 Å². The summed E-state index contributed by atoms with van der Waals surface area (Å²) in [5.41, 5.74) is 5.37. The van der Waals surface area contributed by atoms with Gasteiger partial charge in [-0.1, -0.05) is 113 Å². The molecular weight excluding hydrogens is 432 g/mol. The third-order valence-electron chi connectivity index (χ3n) is 7.52. The standard InChI is InChI=1S/C33H45Cl/c1-3-5-7-9-10-12-27-16-21-30(22-17-27)31-23-18-28(19-24-31)14-15-29-20-25-32(33(34)26-29)13-11-8-6-4-2/h16-17,20-22,25-26,28,31H,3-13,18-19,23-24H2,1-2H3/t28-,31-. The molecule has 0 atom stereocenters. The monoisotopic (exact) mass is 476 g/mol. The van der Waals surface area contributed by atoms with E-state index >= 15 is 0 Å². The van der Waals surface area contributed by atoms with Crippen LogP contribution in [0.3, 0.4) is 0 Å². The predicted molar refractivity (Wildman–Crippen MR) is 150 cm³/mol. The Morgan fingerprint density at radius 2 is 1.38 bits per heavy atom. The van der Waals surface area contributed by atoms with Crippen LogP contribution >= 0.6 is 11.6 Å². The zero-order valence-electron chi connectivity index (χ0n) is 21.7. The fourth-order valence-corrected chi connectivity index (χ4v) is 5.49. The number of hydrogen-bond acceptors (Lipinski definition) is 0. The van der Waals surface area contributed by atoms with Gasteiger partial charge >= 0.3 is 0 Å². The Labute approximate surface area is 214 Å². The summed E-state index contributed by atoms with van der Waals surface area (Å²) in [5.74, 6) is 8.20. The van der Waals surface area contributed by atoms with E-state index in [0.29, 0.717) is 11.8 Å². The number of rotatable bonds is 12. The van der Waals surface area contributed by atoms with Crippen LogP contribution in [0.1, 0.15) is 125 Å². The number of unbranched alkanes of at least 4 members (excludes halogenated alkanes) is 7. The molecule has 184 valence electrons. The minimum Gasteiger partial charge on any atom is -0.0945 e. The van der Waals surface area contributed by atoms with Crippen LogP contribution in [0.15, 0.2) is 42.5 Å². The SMILES string of the molecule is CCCCCCCc1ccc([C@H]2CC[C@H](C#Cc3ccc(CCCCCC)c(Cl)c3)CC2)cc1. The average molecular weight is 477 g/mol. The minimum atomic E-state index is 0.520. The minimum absolute atomic E-state index is 0.520. The lowest BCUT2D eigenvalue weighted by Crippen LogP contribution is -2.12. The highest BCUT2D eigenvalue weighted by Crippen LogP contribution is 2.35. The van der Waals surface area contributed by atoms with Gasteiger partial charge in [-0.3, -0.25) is 0 Å². The van der Waals surface area contributed by atoms with Crippen molar-refractivity contribution >= 4 is 11.6 Å². The molecule has 0 radical (unpaired) electrons. The molecule has 0 heterocycles. The van der Waals surface area contributed by atoms with Gasteiger partial charge in [-0.05, 0) is 86.1 Å². The van der Waals surface area contributed by atoms with E-state index in [2.05, 4.69) is 68.2 Å².